The van der Waals surface area contributed by atoms with Gasteiger partial charge in [0, 0.05) is 25.3 Å². The summed E-state index contributed by atoms with van der Waals surface area (Å²) in [6.45, 7) is 4.75. The second-order valence-corrected chi connectivity index (χ2v) is 7.04. The summed E-state index contributed by atoms with van der Waals surface area (Å²) < 4.78 is 0. The van der Waals surface area contributed by atoms with Gasteiger partial charge in [0.1, 0.15) is 0 Å². The van der Waals surface area contributed by atoms with Gasteiger partial charge in [0.25, 0.3) is 0 Å². The van der Waals surface area contributed by atoms with E-state index in [1.54, 1.807) is 11.1 Å². The number of rotatable bonds is 1. The van der Waals surface area contributed by atoms with Crippen LogP contribution < -0.4 is 10.2 Å². The van der Waals surface area contributed by atoms with Gasteiger partial charge in [0.15, 0.2) is 0 Å². The fourth-order valence-electron chi connectivity index (χ4n) is 4.64. The molecule has 1 aliphatic carbocycles. The lowest BCUT2D eigenvalue weighted by atomic mass is 9.77. The Bertz CT molecular complexity index is 478. The third-order valence-corrected chi connectivity index (χ3v) is 5.95. The smallest absolute Gasteiger partial charge is 0.0414 e. The normalized spacial score (nSPS) is 24.9. The van der Waals surface area contributed by atoms with E-state index in [2.05, 4.69) is 28.4 Å². The summed E-state index contributed by atoms with van der Waals surface area (Å²) in [6.07, 6.45) is 9.98. The number of hydrogen-bond donors (Lipinski definition) is 1. The van der Waals surface area contributed by atoms with E-state index in [1.165, 1.54) is 63.7 Å². The van der Waals surface area contributed by atoms with Crippen LogP contribution in [0.4, 0.5) is 5.69 Å². The van der Waals surface area contributed by atoms with Crippen LogP contribution in [0.15, 0.2) is 18.2 Å². The first kappa shape index (κ1) is 12.7. The number of nitrogens with one attached hydrogen (secondary N) is 1. The maximum Gasteiger partial charge on any atom is 0.0414 e. The van der Waals surface area contributed by atoms with Gasteiger partial charge in [-0.1, -0.05) is 25.0 Å². The predicted octanol–water partition coefficient (Wildman–Crippen LogP) is 3.49. The van der Waals surface area contributed by atoms with Crippen molar-refractivity contribution in [3.05, 3.63) is 29.3 Å². The van der Waals surface area contributed by atoms with E-state index in [0.29, 0.717) is 0 Å². The van der Waals surface area contributed by atoms with E-state index in [4.69, 9.17) is 0 Å². The molecule has 2 aliphatic heterocycles. The van der Waals surface area contributed by atoms with Crippen LogP contribution in [0.5, 0.6) is 0 Å². The molecule has 1 saturated heterocycles. The van der Waals surface area contributed by atoms with Crippen molar-refractivity contribution in [2.75, 3.05) is 24.5 Å². The molecule has 1 saturated carbocycles. The van der Waals surface area contributed by atoms with Crippen molar-refractivity contribution in [2.24, 2.45) is 5.41 Å². The molecule has 108 valence electrons. The van der Waals surface area contributed by atoms with Gasteiger partial charge in [-0.05, 0) is 61.3 Å². The molecule has 0 atom stereocenters. The highest BCUT2D eigenvalue weighted by molar-refractivity contribution is 5.58. The SMILES string of the molecule is c1cc2c(c(N3CCC4(CCCC4)CC3)c1)CNCC2. The van der Waals surface area contributed by atoms with Gasteiger partial charge in [-0.15, -0.1) is 0 Å². The average Bonchev–Trinajstić information content (AvgIpc) is 2.96. The van der Waals surface area contributed by atoms with Crippen LogP contribution in [0.25, 0.3) is 0 Å². The summed E-state index contributed by atoms with van der Waals surface area (Å²) in [4.78, 5) is 2.66. The zero-order valence-corrected chi connectivity index (χ0v) is 12.5. The Hall–Kier alpha value is -1.02. The first-order valence-corrected chi connectivity index (χ1v) is 8.43. The summed E-state index contributed by atoms with van der Waals surface area (Å²) in [7, 11) is 0. The summed E-state index contributed by atoms with van der Waals surface area (Å²) in [5, 5.41) is 3.54. The zero-order chi connectivity index (χ0) is 13.4. The number of nitrogens with zero attached hydrogens (tertiary/aromatic N) is 1. The van der Waals surface area contributed by atoms with Crippen molar-refractivity contribution in [1.82, 2.24) is 5.32 Å². The predicted molar refractivity (Wildman–Crippen MR) is 84.2 cm³/mol. The molecule has 0 unspecified atom stereocenters. The molecule has 0 radical (unpaired) electrons. The number of hydrogen-bond acceptors (Lipinski definition) is 2. The Morgan fingerprint density at radius 3 is 2.60 bits per heavy atom. The molecule has 20 heavy (non-hydrogen) atoms. The molecule has 0 aromatic heterocycles. The maximum atomic E-state index is 3.54. The third kappa shape index (κ3) is 2.14. The Kier molecular flexibility index (Phi) is 3.22. The van der Waals surface area contributed by atoms with Crippen LogP contribution >= 0.6 is 0 Å². The minimum absolute atomic E-state index is 0.726. The summed E-state index contributed by atoms with van der Waals surface area (Å²) in [5.74, 6) is 0. The number of piperidine rings is 1. The largest absolute Gasteiger partial charge is 0.371 e. The minimum atomic E-state index is 0.726. The summed E-state index contributed by atoms with van der Waals surface area (Å²) in [6, 6.07) is 6.93. The molecule has 1 aromatic rings. The van der Waals surface area contributed by atoms with Crippen LogP contribution in [-0.2, 0) is 13.0 Å². The van der Waals surface area contributed by atoms with E-state index in [1.807, 2.05) is 0 Å². The van der Waals surface area contributed by atoms with E-state index in [9.17, 15) is 0 Å². The van der Waals surface area contributed by atoms with Crippen molar-refractivity contribution in [3.63, 3.8) is 0 Å². The molecule has 1 spiro atoms. The quantitative estimate of drug-likeness (QED) is 0.840. The number of anilines is 1. The highest BCUT2D eigenvalue weighted by Gasteiger charge is 2.37. The van der Waals surface area contributed by atoms with Gasteiger partial charge in [0.2, 0.25) is 0 Å². The first-order chi connectivity index (χ1) is 9.86. The van der Waals surface area contributed by atoms with Gasteiger partial charge in [-0.3, -0.25) is 0 Å². The van der Waals surface area contributed by atoms with Crippen LogP contribution in [0.2, 0.25) is 0 Å². The zero-order valence-electron chi connectivity index (χ0n) is 12.5. The fourth-order valence-corrected chi connectivity index (χ4v) is 4.64. The number of benzene rings is 1. The lowest BCUT2D eigenvalue weighted by molar-refractivity contribution is 0.226. The van der Waals surface area contributed by atoms with E-state index < -0.39 is 0 Å². The van der Waals surface area contributed by atoms with Gasteiger partial charge in [-0.25, -0.2) is 0 Å². The lowest BCUT2D eigenvalue weighted by Crippen LogP contribution is -2.40. The van der Waals surface area contributed by atoms with E-state index in [-0.39, 0.29) is 0 Å². The second-order valence-electron chi connectivity index (χ2n) is 7.04. The molecule has 2 heterocycles. The maximum absolute atomic E-state index is 3.54. The van der Waals surface area contributed by atoms with Crippen molar-refractivity contribution >= 4 is 5.69 Å². The molecule has 2 nitrogen and oxygen atoms in total. The monoisotopic (exact) mass is 270 g/mol. The van der Waals surface area contributed by atoms with Gasteiger partial charge < -0.3 is 10.2 Å². The van der Waals surface area contributed by atoms with Gasteiger partial charge >= 0.3 is 0 Å². The van der Waals surface area contributed by atoms with E-state index >= 15 is 0 Å². The molecule has 0 bridgehead atoms. The topological polar surface area (TPSA) is 15.3 Å². The van der Waals surface area contributed by atoms with Crippen LogP contribution in [0, 0.1) is 5.41 Å². The molecule has 4 rings (SSSR count). The van der Waals surface area contributed by atoms with Crippen molar-refractivity contribution < 1.29 is 0 Å². The minimum Gasteiger partial charge on any atom is -0.371 e. The lowest BCUT2D eigenvalue weighted by Gasteiger charge is -2.41. The highest BCUT2D eigenvalue weighted by Crippen LogP contribution is 2.47. The third-order valence-electron chi connectivity index (χ3n) is 5.95. The van der Waals surface area contributed by atoms with Crippen molar-refractivity contribution in [3.8, 4) is 0 Å². The van der Waals surface area contributed by atoms with E-state index in [0.717, 1.165) is 18.5 Å². The van der Waals surface area contributed by atoms with Crippen LogP contribution in [0.1, 0.15) is 49.7 Å². The first-order valence-electron chi connectivity index (χ1n) is 8.43. The molecule has 2 fully saturated rings. The Morgan fingerprint density at radius 2 is 1.80 bits per heavy atom. The molecule has 1 aromatic carbocycles. The molecule has 2 heteroatoms. The van der Waals surface area contributed by atoms with Gasteiger partial charge in [0.05, 0.1) is 0 Å². The Labute approximate surface area is 122 Å². The molecular formula is C18H26N2. The van der Waals surface area contributed by atoms with Crippen LogP contribution in [0.3, 0.4) is 0 Å². The summed E-state index contributed by atoms with van der Waals surface area (Å²) >= 11 is 0. The van der Waals surface area contributed by atoms with Crippen molar-refractivity contribution in [2.45, 2.75) is 51.5 Å². The molecule has 1 N–H and O–H groups in total. The fraction of sp³-hybridized carbons (Fsp3) is 0.667. The molecular weight excluding hydrogens is 244 g/mol. The number of fused-ring (bicyclic) bond motifs is 1. The standard InChI is InChI=1S/C18H26N2/c1-2-8-18(7-1)9-12-20(13-10-18)17-5-3-4-15-6-11-19-14-16(15)17/h3-5,19H,1-2,6-14H2. The van der Waals surface area contributed by atoms with Crippen molar-refractivity contribution in [1.29, 1.82) is 0 Å². The molecule has 3 aliphatic rings. The van der Waals surface area contributed by atoms with Crippen LogP contribution in [-0.4, -0.2) is 19.6 Å². The van der Waals surface area contributed by atoms with Gasteiger partial charge in [-0.2, -0.15) is 0 Å². The highest BCUT2D eigenvalue weighted by atomic mass is 15.1. The average molecular weight is 270 g/mol. The summed E-state index contributed by atoms with van der Waals surface area (Å²) in [5.41, 5.74) is 5.38. The molecule has 0 amide bonds. The Balaban J connectivity index is 1.54. The second kappa shape index (κ2) is 5.07. The Morgan fingerprint density at radius 1 is 1.00 bits per heavy atom.